The number of para-hydroxylation sites is 2. The molecule has 0 amide bonds. The van der Waals surface area contributed by atoms with Gasteiger partial charge in [0.05, 0.1) is 5.69 Å². The van der Waals surface area contributed by atoms with E-state index in [0.717, 1.165) is 33.8 Å². The molecule has 4 aromatic rings. The van der Waals surface area contributed by atoms with E-state index in [1.807, 2.05) is 74.2 Å². The zero-order valence-electron chi connectivity index (χ0n) is 18.2. The monoisotopic (exact) mass is 427 g/mol. The van der Waals surface area contributed by atoms with Crippen LogP contribution in [0.2, 0.25) is 0 Å². The highest BCUT2D eigenvalue weighted by molar-refractivity contribution is 5.81. The Balaban J connectivity index is 1.86. The molecule has 5 nitrogen and oxygen atoms in total. The molecule has 5 heteroatoms. The lowest BCUT2D eigenvalue weighted by atomic mass is 10.1. The van der Waals surface area contributed by atoms with Gasteiger partial charge in [0.1, 0.15) is 23.0 Å². The number of nitrogens with zero attached hydrogens (tertiary/aromatic N) is 1. The predicted molar refractivity (Wildman–Crippen MR) is 127 cm³/mol. The molecule has 162 valence electrons. The molecule has 4 aromatic carbocycles. The zero-order valence-corrected chi connectivity index (χ0v) is 18.2. The molecular formula is C27H25NO4. The first-order chi connectivity index (χ1) is 15.3. The van der Waals surface area contributed by atoms with E-state index in [-0.39, 0.29) is 17.2 Å². The quantitative estimate of drug-likeness (QED) is 0.320. The van der Waals surface area contributed by atoms with Gasteiger partial charge in [-0.1, -0.05) is 12.1 Å². The minimum absolute atomic E-state index is 0.214. The van der Waals surface area contributed by atoms with Crippen molar-refractivity contribution in [2.24, 2.45) is 0 Å². The van der Waals surface area contributed by atoms with Crippen molar-refractivity contribution in [1.82, 2.24) is 0 Å². The van der Waals surface area contributed by atoms with Gasteiger partial charge in [0.25, 0.3) is 0 Å². The molecule has 0 spiro atoms. The number of phenols is 3. The van der Waals surface area contributed by atoms with E-state index in [1.54, 1.807) is 30.3 Å². The number of aryl methyl sites for hydroxylation is 3. The van der Waals surface area contributed by atoms with Crippen LogP contribution in [0.5, 0.6) is 28.7 Å². The Bertz CT molecular complexity index is 1230. The molecule has 0 heterocycles. The molecule has 0 aliphatic heterocycles. The highest BCUT2D eigenvalue weighted by Crippen LogP contribution is 2.43. The molecule has 0 aromatic heterocycles. The summed E-state index contributed by atoms with van der Waals surface area (Å²) < 4.78 is 6.23. The fraction of sp³-hybridized carbons (Fsp3) is 0.111. The highest BCUT2D eigenvalue weighted by atomic mass is 16.5. The normalized spacial score (nSPS) is 10.7. The van der Waals surface area contributed by atoms with Gasteiger partial charge in [-0.25, -0.2) is 0 Å². The molecule has 0 radical (unpaired) electrons. The fourth-order valence-electron chi connectivity index (χ4n) is 3.53. The van der Waals surface area contributed by atoms with Crippen LogP contribution in [0.4, 0.5) is 17.1 Å². The van der Waals surface area contributed by atoms with Crippen molar-refractivity contribution in [2.45, 2.75) is 20.8 Å². The largest absolute Gasteiger partial charge is 0.508 e. The maximum Gasteiger partial charge on any atom is 0.151 e. The lowest BCUT2D eigenvalue weighted by molar-refractivity contribution is 0.461. The predicted octanol–water partition coefficient (Wildman–Crippen LogP) is 6.99. The van der Waals surface area contributed by atoms with Crippen molar-refractivity contribution in [3.63, 3.8) is 0 Å². The van der Waals surface area contributed by atoms with Crippen molar-refractivity contribution in [3.8, 4) is 28.7 Å². The van der Waals surface area contributed by atoms with Gasteiger partial charge in [-0.2, -0.15) is 0 Å². The number of aromatic hydroxyl groups is 3. The van der Waals surface area contributed by atoms with Crippen LogP contribution in [0.1, 0.15) is 16.7 Å². The molecule has 0 aliphatic rings. The van der Waals surface area contributed by atoms with Crippen LogP contribution in [-0.4, -0.2) is 15.3 Å². The molecule has 4 rings (SSSR count). The van der Waals surface area contributed by atoms with Crippen molar-refractivity contribution in [2.75, 3.05) is 4.90 Å². The Hall–Kier alpha value is -4.12. The Kier molecular flexibility index (Phi) is 5.65. The first kappa shape index (κ1) is 21.1. The number of hydrogen-bond donors (Lipinski definition) is 3. The summed E-state index contributed by atoms with van der Waals surface area (Å²) in [4.78, 5) is 2.02. The SMILES string of the molecule is Cc1cc(Oc2ccccc2N(c2ccc(O)c(C)c2)c2ccc(O)c(C)c2)ccc1O. The number of ether oxygens (including phenoxy) is 1. The van der Waals surface area contributed by atoms with Gasteiger partial charge in [0.15, 0.2) is 5.75 Å². The van der Waals surface area contributed by atoms with E-state index in [4.69, 9.17) is 4.74 Å². The molecule has 0 bridgehead atoms. The van der Waals surface area contributed by atoms with Crippen LogP contribution < -0.4 is 9.64 Å². The third kappa shape index (κ3) is 4.18. The van der Waals surface area contributed by atoms with Crippen LogP contribution in [0.15, 0.2) is 78.9 Å². The minimum atomic E-state index is 0.214. The van der Waals surface area contributed by atoms with Gasteiger partial charge in [0, 0.05) is 11.4 Å². The van der Waals surface area contributed by atoms with Gasteiger partial charge in [0.2, 0.25) is 0 Å². The summed E-state index contributed by atoms with van der Waals surface area (Å²) in [5, 5.41) is 29.9. The average molecular weight is 428 g/mol. The van der Waals surface area contributed by atoms with Crippen LogP contribution in [0, 0.1) is 20.8 Å². The maximum absolute atomic E-state index is 10.0. The number of phenolic OH excluding ortho intramolecular Hbond substituents is 3. The average Bonchev–Trinajstić information content (AvgIpc) is 2.77. The van der Waals surface area contributed by atoms with Crippen LogP contribution >= 0.6 is 0 Å². The molecule has 0 unspecified atom stereocenters. The zero-order chi connectivity index (χ0) is 22.8. The maximum atomic E-state index is 10.0. The standard InChI is InChI=1S/C27H25NO4/c1-17-14-20(8-11-24(17)29)28(21-9-12-25(30)18(2)15-21)23-6-4-5-7-27(23)32-22-10-13-26(31)19(3)16-22/h4-16,29-31H,1-3H3. The van der Waals surface area contributed by atoms with E-state index in [0.29, 0.717) is 11.5 Å². The number of benzene rings is 4. The van der Waals surface area contributed by atoms with Crippen LogP contribution in [-0.2, 0) is 0 Å². The van der Waals surface area contributed by atoms with Crippen molar-refractivity contribution < 1.29 is 20.1 Å². The van der Waals surface area contributed by atoms with Crippen molar-refractivity contribution in [1.29, 1.82) is 0 Å². The third-order valence-electron chi connectivity index (χ3n) is 5.38. The molecular weight excluding hydrogens is 402 g/mol. The summed E-state index contributed by atoms with van der Waals surface area (Å²) in [6.45, 7) is 5.51. The lowest BCUT2D eigenvalue weighted by Crippen LogP contribution is -2.11. The summed E-state index contributed by atoms with van der Waals surface area (Å²) in [6.07, 6.45) is 0. The highest BCUT2D eigenvalue weighted by Gasteiger charge is 2.19. The van der Waals surface area contributed by atoms with E-state index in [9.17, 15) is 15.3 Å². The second kappa shape index (κ2) is 8.55. The smallest absolute Gasteiger partial charge is 0.151 e. The van der Waals surface area contributed by atoms with E-state index in [1.165, 1.54) is 0 Å². The molecule has 3 N–H and O–H groups in total. The lowest BCUT2D eigenvalue weighted by Gasteiger charge is -2.28. The molecule has 0 saturated carbocycles. The molecule has 0 aliphatic carbocycles. The Labute approximate surface area is 187 Å². The molecule has 0 fully saturated rings. The van der Waals surface area contributed by atoms with E-state index >= 15 is 0 Å². The minimum Gasteiger partial charge on any atom is -0.508 e. The summed E-state index contributed by atoms with van der Waals surface area (Å²) in [7, 11) is 0. The number of rotatable bonds is 5. The molecule has 32 heavy (non-hydrogen) atoms. The third-order valence-corrected chi connectivity index (χ3v) is 5.38. The Morgan fingerprint density at radius 1 is 0.594 bits per heavy atom. The topological polar surface area (TPSA) is 73.2 Å². The van der Waals surface area contributed by atoms with Crippen LogP contribution in [0.25, 0.3) is 0 Å². The van der Waals surface area contributed by atoms with E-state index in [2.05, 4.69) is 0 Å². The van der Waals surface area contributed by atoms with Gasteiger partial charge in [-0.3, -0.25) is 0 Å². The summed E-state index contributed by atoms with van der Waals surface area (Å²) in [6, 6.07) is 23.6. The van der Waals surface area contributed by atoms with Gasteiger partial charge >= 0.3 is 0 Å². The van der Waals surface area contributed by atoms with Crippen LogP contribution in [0.3, 0.4) is 0 Å². The first-order valence-corrected chi connectivity index (χ1v) is 10.3. The second-order valence-corrected chi connectivity index (χ2v) is 7.80. The fourth-order valence-corrected chi connectivity index (χ4v) is 3.53. The first-order valence-electron chi connectivity index (χ1n) is 10.3. The van der Waals surface area contributed by atoms with Gasteiger partial charge in [-0.05, 0) is 104 Å². The number of anilines is 3. The van der Waals surface area contributed by atoms with E-state index < -0.39 is 0 Å². The molecule has 0 atom stereocenters. The Morgan fingerprint density at radius 3 is 1.62 bits per heavy atom. The second-order valence-electron chi connectivity index (χ2n) is 7.80. The summed E-state index contributed by atoms with van der Waals surface area (Å²) in [5.41, 5.74) is 4.67. The number of hydrogen-bond acceptors (Lipinski definition) is 5. The Morgan fingerprint density at radius 2 is 1.09 bits per heavy atom. The summed E-state index contributed by atoms with van der Waals surface area (Å²) in [5.74, 6) is 1.89. The summed E-state index contributed by atoms with van der Waals surface area (Å²) >= 11 is 0. The van der Waals surface area contributed by atoms with Gasteiger partial charge < -0.3 is 25.0 Å². The van der Waals surface area contributed by atoms with Crippen molar-refractivity contribution >= 4 is 17.1 Å². The van der Waals surface area contributed by atoms with Gasteiger partial charge in [-0.15, -0.1) is 0 Å². The van der Waals surface area contributed by atoms with Crippen molar-refractivity contribution in [3.05, 3.63) is 95.6 Å². The molecule has 0 saturated heterocycles.